The number of methoxy groups -OCH3 is 1. The Morgan fingerprint density at radius 3 is 2.65 bits per heavy atom. The Morgan fingerprint density at radius 1 is 1.15 bits per heavy atom. The lowest BCUT2D eigenvalue weighted by molar-refractivity contribution is -0.143. The summed E-state index contributed by atoms with van der Waals surface area (Å²) in [6.45, 7) is 4.38. The van der Waals surface area contributed by atoms with E-state index >= 15 is 0 Å². The van der Waals surface area contributed by atoms with E-state index in [1.807, 2.05) is 6.08 Å². The lowest BCUT2D eigenvalue weighted by Gasteiger charge is -2.56. The first-order chi connectivity index (χ1) is 12.3. The molecule has 4 aliphatic carbocycles. The fraction of sp³-hybridized carbons (Fsp3) is 0.682. The minimum Gasteiger partial charge on any atom is -0.466 e. The Bertz CT molecular complexity index is 745. The topological polar surface area (TPSA) is 60.4 Å². The molecule has 5 atom stereocenters. The van der Waals surface area contributed by atoms with Crippen molar-refractivity contribution in [2.45, 2.75) is 58.8 Å². The van der Waals surface area contributed by atoms with Gasteiger partial charge < -0.3 is 4.74 Å². The zero-order chi connectivity index (χ0) is 18.7. The number of ketones is 2. The third-order valence-electron chi connectivity index (χ3n) is 8.00. The highest BCUT2D eigenvalue weighted by atomic mass is 16.5. The van der Waals surface area contributed by atoms with Crippen LogP contribution < -0.4 is 0 Å². The lowest BCUT2D eigenvalue weighted by atomic mass is 9.47. The van der Waals surface area contributed by atoms with Gasteiger partial charge in [0.2, 0.25) is 0 Å². The zero-order valence-corrected chi connectivity index (χ0v) is 16.0. The van der Waals surface area contributed by atoms with Gasteiger partial charge in [-0.15, -0.1) is 0 Å². The van der Waals surface area contributed by atoms with Gasteiger partial charge in [-0.1, -0.05) is 25.0 Å². The predicted octanol–water partition coefficient (Wildman–Crippen LogP) is 3.80. The standard InChI is InChI=1S/C22H28O4/c1-21-9-8-15(23)10-13(21)4-6-16-17-7-5-14(11-19(25)26-3)22(17,2)12-18(24)20(16)21/h10-11,16-17,20H,4-9,12H2,1-3H3/b14-11-/t16-,17-,20+,21-,22+/m0/s1. The number of carbonyl (C=O) groups excluding carboxylic acids is 3. The van der Waals surface area contributed by atoms with E-state index in [0.717, 1.165) is 37.7 Å². The van der Waals surface area contributed by atoms with Crippen LogP contribution in [0.1, 0.15) is 58.8 Å². The monoisotopic (exact) mass is 356 g/mol. The van der Waals surface area contributed by atoms with E-state index < -0.39 is 0 Å². The van der Waals surface area contributed by atoms with E-state index in [9.17, 15) is 14.4 Å². The number of rotatable bonds is 1. The van der Waals surface area contributed by atoms with E-state index in [2.05, 4.69) is 13.8 Å². The van der Waals surface area contributed by atoms with Gasteiger partial charge in [-0.25, -0.2) is 4.79 Å². The second-order valence-corrected chi connectivity index (χ2v) is 9.13. The smallest absolute Gasteiger partial charge is 0.330 e. The number of Topliss-reactive ketones (excluding diaryl/α,β-unsaturated/α-hetero) is 1. The van der Waals surface area contributed by atoms with Gasteiger partial charge in [0.05, 0.1) is 7.11 Å². The van der Waals surface area contributed by atoms with Gasteiger partial charge in [0.15, 0.2) is 5.78 Å². The van der Waals surface area contributed by atoms with Crippen LogP contribution in [0.2, 0.25) is 0 Å². The minimum absolute atomic E-state index is 0.0335. The highest BCUT2D eigenvalue weighted by molar-refractivity contribution is 5.93. The van der Waals surface area contributed by atoms with Crippen molar-refractivity contribution in [1.82, 2.24) is 0 Å². The van der Waals surface area contributed by atoms with Crippen molar-refractivity contribution in [3.63, 3.8) is 0 Å². The summed E-state index contributed by atoms with van der Waals surface area (Å²) in [5.41, 5.74) is 1.93. The Morgan fingerprint density at radius 2 is 1.92 bits per heavy atom. The first-order valence-electron chi connectivity index (χ1n) is 9.85. The molecule has 0 aromatic rings. The number of ether oxygens (including phenoxy) is 1. The summed E-state index contributed by atoms with van der Waals surface area (Å²) in [4.78, 5) is 37.1. The lowest BCUT2D eigenvalue weighted by Crippen LogP contribution is -2.54. The number of hydrogen-bond acceptors (Lipinski definition) is 4. The van der Waals surface area contributed by atoms with Gasteiger partial charge >= 0.3 is 5.97 Å². The van der Waals surface area contributed by atoms with E-state index in [1.54, 1.807) is 6.08 Å². The number of hydrogen-bond donors (Lipinski definition) is 0. The van der Waals surface area contributed by atoms with Crippen LogP contribution in [0.15, 0.2) is 23.3 Å². The van der Waals surface area contributed by atoms with Gasteiger partial charge in [0.1, 0.15) is 5.78 Å². The molecule has 0 bridgehead atoms. The molecular formula is C22H28O4. The van der Waals surface area contributed by atoms with Gasteiger partial charge in [0.25, 0.3) is 0 Å². The normalized spacial score (nSPS) is 43.4. The molecule has 0 saturated heterocycles. The number of fused-ring (bicyclic) bond motifs is 5. The predicted molar refractivity (Wildman–Crippen MR) is 97.2 cm³/mol. The molecule has 3 fully saturated rings. The maximum Gasteiger partial charge on any atom is 0.330 e. The maximum absolute atomic E-state index is 13.4. The van der Waals surface area contributed by atoms with Gasteiger partial charge in [-0.05, 0) is 60.8 Å². The molecule has 0 N–H and O–H groups in total. The molecular weight excluding hydrogens is 328 g/mol. The van der Waals surface area contributed by atoms with E-state index in [-0.39, 0.29) is 28.5 Å². The van der Waals surface area contributed by atoms with Crippen LogP contribution in [0.3, 0.4) is 0 Å². The molecule has 140 valence electrons. The number of esters is 1. The molecule has 0 spiro atoms. The second kappa shape index (κ2) is 5.90. The molecule has 0 heterocycles. The first-order valence-corrected chi connectivity index (χ1v) is 9.85. The molecule has 0 radical (unpaired) electrons. The first kappa shape index (κ1) is 17.7. The average molecular weight is 356 g/mol. The highest BCUT2D eigenvalue weighted by Crippen LogP contribution is 2.65. The minimum atomic E-state index is -0.317. The van der Waals surface area contributed by atoms with Crippen LogP contribution in [0.5, 0.6) is 0 Å². The van der Waals surface area contributed by atoms with Crippen molar-refractivity contribution < 1.29 is 19.1 Å². The molecule has 26 heavy (non-hydrogen) atoms. The van der Waals surface area contributed by atoms with Crippen LogP contribution in [0.25, 0.3) is 0 Å². The van der Waals surface area contributed by atoms with Crippen LogP contribution in [0.4, 0.5) is 0 Å². The summed E-state index contributed by atoms with van der Waals surface area (Å²) in [6.07, 6.45) is 9.17. The maximum atomic E-state index is 13.4. The Balaban J connectivity index is 1.71. The van der Waals surface area contributed by atoms with Crippen molar-refractivity contribution in [2.75, 3.05) is 7.11 Å². The molecule has 4 rings (SSSR count). The molecule has 0 amide bonds. The van der Waals surface area contributed by atoms with Gasteiger partial charge in [-0.3, -0.25) is 9.59 Å². The fourth-order valence-corrected chi connectivity index (χ4v) is 6.67. The summed E-state index contributed by atoms with van der Waals surface area (Å²) < 4.78 is 4.83. The molecule has 0 aliphatic heterocycles. The van der Waals surface area contributed by atoms with E-state index in [0.29, 0.717) is 30.5 Å². The summed E-state index contributed by atoms with van der Waals surface area (Å²) in [6, 6.07) is 0. The van der Waals surface area contributed by atoms with Crippen molar-refractivity contribution in [3.05, 3.63) is 23.3 Å². The molecule has 3 saturated carbocycles. The molecule has 4 aliphatic rings. The Labute approximate surface area is 155 Å². The van der Waals surface area contributed by atoms with Crippen LogP contribution >= 0.6 is 0 Å². The highest BCUT2D eigenvalue weighted by Gasteiger charge is 2.60. The second-order valence-electron chi connectivity index (χ2n) is 9.13. The van der Waals surface area contributed by atoms with Crippen LogP contribution in [-0.4, -0.2) is 24.6 Å². The van der Waals surface area contributed by atoms with Crippen molar-refractivity contribution in [2.24, 2.45) is 28.6 Å². The third kappa shape index (κ3) is 2.37. The average Bonchev–Trinajstić information content (AvgIpc) is 2.91. The van der Waals surface area contributed by atoms with E-state index in [1.165, 1.54) is 12.7 Å². The Kier molecular flexibility index (Phi) is 4.01. The summed E-state index contributed by atoms with van der Waals surface area (Å²) in [5, 5.41) is 0. The third-order valence-corrected chi connectivity index (χ3v) is 8.00. The molecule has 0 aromatic heterocycles. The van der Waals surface area contributed by atoms with Crippen LogP contribution in [-0.2, 0) is 19.1 Å². The zero-order valence-electron chi connectivity index (χ0n) is 16.0. The van der Waals surface area contributed by atoms with Gasteiger partial charge in [-0.2, -0.15) is 0 Å². The molecule has 4 nitrogen and oxygen atoms in total. The molecule has 0 unspecified atom stereocenters. The summed E-state index contributed by atoms with van der Waals surface area (Å²) in [7, 11) is 1.40. The quantitative estimate of drug-likeness (QED) is 0.530. The number of allylic oxidation sites excluding steroid dienone is 2. The van der Waals surface area contributed by atoms with Crippen molar-refractivity contribution in [3.8, 4) is 0 Å². The van der Waals surface area contributed by atoms with Crippen molar-refractivity contribution >= 4 is 17.5 Å². The molecule has 4 heteroatoms. The van der Waals surface area contributed by atoms with E-state index in [4.69, 9.17) is 4.74 Å². The number of carbonyl (C=O) groups is 3. The Hall–Kier alpha value is -1.71. The summed E-state index contributed by atoms with van der Waals surface area (Å²) in [5.74, 6) is 1.06. The van der Waals surface area contributed by atoms with Crippen molar-refractivity contribution in [1.29, 1.82) is 0 Å². The molecule has 0 aromatic carbocycles. The fourth-order valence-electron chi connectivity index (χ4n) is 6.67. The summed E-state index contributed by atoms with van der Waals surface area (Å²) >= 11 is 0. The SMILES string of the molecule is COC(=O)/C=C1/CC[C@H]2[C@@H]3CCC4=CC(=O)CC[C@]4(C)[C@H]3C(=O)C[C@]12C. The van der Waals surface area contributed by atoms with Gasteiger partial charge in [0, 0.05) is 24.8 Å². The largest absolute Gasteiger partial charge is 0.466 e. The van der Waals surface area contributed by atoms with Crippen LogP contribution in [0, 0.1) is 28.6 Å².